The van der Waals surface area contributed by atoms with Crippen molar-refractivity contribution >= 4 is 11.5 Å². The Hall–Kier alpha value is -2.47. The van der Waals surface area contributed by atoms with Crippen molar-refractivity contribution in [3.05, 3.63) is 64.3 Å². The summed E-state index contributed by atoms with van der Waals surface area (Å²) in [5.41, 5.74) is 1.43. The predicted octanol–water partition coefficient (Wildman–Crippen LogP) is 3.87. The molecular weight excluding hydrogens is 328 g/mol. The molecule has 138 valence electrons. The van der Waals surface area contributed by atoms with E-state index in [1.54, 1.807) is 18.3 Å². The number of hydrogen-bond donors (Lipinski definition) is 0. The minimum absolute atomic E-state index is 0.104. The van der Waals surface area contributed by atoms with E-state index in [9.17, 15) is 10.1 Å². The maximum absolute atomic E-state index is 11.4. The van der Waals surface area contributed by atoms with Gasteiger partial charge in [0.1, 0.15) is 0 Å². The minimum Gasteiger partial charge on any atom is -0.348 e. The lowest BCUT2D eigenvalue weighted by molar-refractivity contribution is -0.384. The molecule has 6 nitrogen and oxygen atoms in total. The molecule has 6 heteroatoms. The first-order valence-corrected chi connectivity index (χ1v) is 9.31. The number of nitrogens with zero attached hydrogens (tertiary/aromatic N) is 4. The number of hydrogen-bond acceptors (Lipinski definition) is 5. The van der Waals surface area contributed by atoms with Crippen molar-refractivity contribution in [2.24, 2.45) is 0 Å². The average Bonchev–Trinajstić information content (AvgIpc) is 2.68. The lowest BCUT2D eigenvalue weighted by Gasteiger charge is -2.39. The molecule has 0 bridgehead atoms. The normalized spacial score (nSPS) is 15.7. The topological polar surface area (TPSA) is 62.5 Å². The van der Waals surface area contributed by atoms with E-state index in [1.165, 1.54) is 5.56 Å². The molecule has 1 aromatic carbocycles. The summed E-state index contributed by atoms with van der Waals surface area (Å²) in [5, 5.41) is 11.4. The van der Waals surface area contributed by atoms with E-state index < -0.39 is 0 Å². The second kappa shape index (κ2) is 8.76. The minimum atomic E-state index is -0.324. The first kappa shape index (κ1) is 18.3. The molecule has 0 radical (unpaired) electrons. The molecule has 1 fully saturated rings. The first-order chi connectivity index (χ1) is 12.7. The van der Waals surface area contributed by atoms with E-state index >= 15 is 0 Å². The molecule has 0 unspecified atom stereocenters. The third-order valence-electron chi connectivity index (χ3n) is 4.95. The third-order valence-corrected chi connectivity index (χ3v) is 4.95. The zero-order valence-electron chi connectivity index (χ0n) is 15.3. The van der Waals surface area contributed by atoms with Crippen LogP contribution in [-0.2, 0) is 6.54 Å². The molecule has 0 N–H and O–H groups in total. The van der Waals surface area contributed by atoms with Gasteiger partial charge in [0.15, 0.2) is 0 Å². The van der Waals surface area contributed by atoms with Gasteiger partial charge in [-0.25, -0.2) is 4.98 Å². The van der Waals surface area contributed by atoms with E-state index in [4.69, 9.17) is 0 Å². The van der Waals surface area contributed by atoms with Crippen LogP contribution in [0.25, 0.3) is 0 Å². The van der Waals surface area contributed by atoms with Crippen LogP contribution in [0.1, 0.15) is 31.7 Å². The van der Waals surface area contributed by atoms with Gasteiger partial charge < -0.3 is 4.90 Å². The van der Waals surface area contributed by atoms with Gasteiger partial charge in [-0.3, -0.25) is 15.0 Å². The zero-order chi connectivity index (χ0) is 18.4. The van der Waals surface area contributed by atoms with E-state index in [1.807, 2.05) is 6.07 Å². The summed E-state index contributed by atoms with van der Waals surface area (Å²) in [5.74, 6) is 0.515. The SMILES string of the molecule is CCCN(c1ncccc1[N+](=O)[O-])C1CCN(Cc2ccccc2)CC1. The predicted molar refractivity (Wildman–Crippen MR) is 103 cm³/mol. The van der Waals surface area contributed by atoms with E-state index in [0.717, 1.165) is 45.4 Å². The zero-order valence-corrected chi connectivity index (χ0v) is 15.3. The van der Waals surface area contributed by atoms with Gasteiger partial charge in [-0.15, -0.1) is 0 Å². The Morgan fingerprint density at radius 1 is 1.19 bits per heavy atom. The van der Waals surface area contributed by atoms with Crippen LogP contribution in [0, 0.1) is 10.1 Å². The molecule has 26 heavy (non-hydrogen) atoms. The molecule has 0 spiro atoms. The van der Waals surface area contributed by atoms with Gasteiger partial charge in [0.2, 0.25) is 5.82 Å². The summed E-state index contributed by atoms with van der Waals surface area (Å²) in [6, 6.07) is 14.0. The van der Waals surface area contributed by atoms with Gasteiger partial charge in [0, 0.05) is 44.5 Å². The molecule has 1 aliphatic rings. The van der Waals surface area contributed by atoms with Crippen molar-refractivity contribution in [1.29, 1.82) is 0 Å². The number of piperidine rings is 1. The van der Waals surface area contributed by atoms with Crippen LogP contribution in [0.3, 0.4) is 0 Å². The molecular formula is C20H26N4O2. The van der Waals surface area contributed by atoms with Gasteiger partial charge in [0.05, 0.1) is 4.92 Å². The summed E-state index contributed by atoms with van der Waals surface area (Å²) in [6.07, 6.45) is 4.59. The summed E-state index contributed by atoms with van der Waals surface area (Å²) < 4.78 is 0. The summed E-state index contributed by atoms with van der Waals surface area (Å²) in [7, 11) is 0. The number of likely N-dealkylation sites (tertiary alicyclic amines) is 1. The Kier molecular flexibility index (Phi) is 6.17. The fraction of sp³-hybridized carbons (Fsp3) is 0.450. The largest absolute Gasteiger partial charge is 0.348 e. The fourth-order valence-electron chi connectivity index (χ4n) is 3.69. The van der Waals surface area contributed by atoms with Crippen LogP contribution in [0.4, 0.5) is 11.5 Å². The molecule has 2 aromatic rings. The Balaban J connectivity index is 1.68. The van der Waals surface area contributed by atoms with Crippen LogP contribution in [0.2, 0.25) is 0 Å². The Morgan fingerprint density at radius 3 is 2.58 bits per heavy atom. The van der Waals surface area contributed by atoms with Crippen LogP contribution in [-0.4, -0.2) is 40.5 Å². The number of anilines is 1. The number of pyridine rings is 1. The average molecular weight is 354 g/mol. The second-order valence-corrected chi connectivity index (χ2v) is 6.79. The molecule has 2 heterocycles. The van der Waals surface area contributed by atoms with Crippen molar-refractivity contribution in [3.8, 4) is 0 Å². The fourth-order valence-corrected chi connectivity index (χ4v) is 3.69. The van der Waals surface area contributed by atoms with Gasteiger partial charge in [-0.2, -0.15) is 0 Å². The molecule has 1 aromatic heterocycles. The highest BCUT2D eigenvalue weighted by Crippen LogP contribution is 2.30. The molecule has 0 amide bonds. The maximum Gasteiger partial charge on any atom is 0.311 e. The van der Waals surface area contributed by atoms with Gasteiger partial charge >= 0.3 is 5.69 Å². The van der Waals surface area contributed by atoms with E-state index in [-0.39, 0.29) is 10.6 Å². The number of benzene rings is 1. The number of rotatable bonds is 7. The van der Waals surface area contributed by atoms with Crippen molar-refractivity contribution < 1.29 is 4.92 Å². The second-order valence-electron chi connectivity index (χ2n) is 6.79. The van der Waals surface area contributed by atoms with Crippen molar-refractivity contribution in [3.63, 3.8) is 0 Å². The van der Waals surface area contributed by atoms with Crippen LogP contribution < -0.4 is 4.90 Å². The Bertz CT molecular complexity index is 715. The third kappa shape index (κ3) is 4.38. The van der Waals surface area contributed by atoms with Crippen LogP contribution in [0.15, 0.2) is 48.7 Å². The highest BCUT2D eigenvalue weighted by Gasteiger charge is 2.29. The quantitative estimate of drug-likeness (QED) is 0.558. The first-order valence-electron chi connectivity index (χ1n) is 9.31. The Morgan fingerprint density at radius 2 is 1.92 bits per heavy atom. The van der Waals surface area contributed by atoms with Crippen molar-refractivity contribution in [1.82, 2.24) is 9.88 Å². The van der Waals surface area contributed by atoms with Gasteiger partial charge in [0.25, 0.3) is 0 Å². The Labute approximate surface area is 154 Å². The lowest BCUT2D eigenvalue weighted by Crippen LogP contribution is -2.45. The van der Waals surface area contributed by atoms with E-state index in [0.29, 0.717) is 11.9 Å². The molecule has 0 aliphatic carbocycles. The summed E-state index contributed by atoms with van der Waals surface area (Å²) >= 11 is 0. The van der Waals surface area contributed by atoms with Crippen LogP contribution >= 0.6 is 0 Å². The molecule has 1 saturated heterocycles. The number of aromatic nitrogens is 1. The van der Waals surface area contributed by atoms with Crippen molar-refractivity contribution in [2.45, 2.75) is 38.8 Å². The summed E-state index contributed by atoms with van der Waals surface area (Å²) in [4.78, 5) is 20.0. The molecule has 0 saturated carbocycles. The highest BCUT2D eigenvalue weighted by atomic mass is 16.6. The van der Waals surface area contributed by atoms with E-state index in [2.05, 4.69) is 46.0 Å². The smallest absolute Gasteiger partial charge is 0.311 e. The molecule has 0 atom stereocenters. The molecule has 1 aliphatic heterocycles. The monoisotopic (exact) mass is 354 g/mol. The maximum atomic E-state index is 11.4. The lowest BCUT2D eigenvalue weighted by atomic mass is 10.0. The van der Waals surface area contributed by atoms with Gasteiger partial charge in [-0.05, 0) is 30.9 Å². The van der Waals surface area contributed by atoms with Crippen LogP contribution in [0.5, 0.6) is 0 Å². The van der Waals surface area contributed by atoms with Gasteiger partial charge in [-0.1, -0.05) is 37.3 Å². The highest BCUT2D eigenvalue weighted by molar-refractivity contribution is 5.58. The number of nitro groups is 1. The van der Waals surface area contributed by atoms with Crippen molar-refractivity contribution in [2.75, 3.05) is 24.5 Å². The standard InChI is InChI=1S/C20H26N4O2/c1-2-13-23(20-19(24(25)26)9-6-12-21-20)18-10-14-22(15-11-18)16-17-7-4-3-5-8-17/h3-9,12,18H,2,10-11,13-16H2,1H3. The molecule has 3 rings (SSSR count). The summed E-state index contributed by atoms with van der Waals surface area (Å²) in [6.45, 7) is 5.86.